The van der Waals surface area contributed by atoms with Gasteiger partial charge in [0, 0.05) is 18.5 Å². The first kappa shape index (κ1) is 22.9. The van der Waals surface area contributed by atoms with Gasteiger partial charge in [-0.1, -0.05) is 26.2 Å². The number of hydrogen-bond acceptors (Lipinski definition) is 4. The Balaban J connectivity index is 0. The maximum atomic E-state index is 11.1. The summed E-state index contributed by atoms with van der Waals surface area (Å²) in [5.74, 6) is -1.06. The Labute approximate surface area is 137 Å². The van der Waals surface area contributed by atoms with E-state index in [2.05, 4.69) is 25.1 Å². The molecule has 1 aliphatic rings. The van der Waals surface area contributed by atoms with Crippen molar-refractivity contribution in [3.05, 3.63) is 37.6 Å². The largest absolute Gasteiger partial charge is 0.478 e. The fourth-order valence-electron chi connectivity index (χ4n) is 1.35. The molecule has 0 atom stereocenters. The lowest BCUT2D eigenvalue weighted by molar-refractivity contribution is -0.132. The van der Waals surface area contributed by atoms with E-state index in [1.165, 1.54) is 13.3 Å². The Morgan fingerprint density at radius 1 is 1.30 bits per heavy atom. The molecule has 0 aromatic carbocycles. The van der Waals surface area contributed by atoms with Gasteiger partial charge in [0.25, 0.3) is 0 Å². The highest BCUT2D eigenvalue weighted by molar-refractivity contribution is 5.86. The monoisotopic (exact) mass is 326 g/mol. The number of likely N-dealkylation sites (tertiary alicyclic amines) is 1. The van der Waals surface area contributed by atoms with Crippen molar-refractivity contribution >= 4 is 17.8 Å². The van der Waals surface area contributed by atoms with Gasteiger partial charge in [-0.15, -0.1) is 0 Å². The number of hydrogen-bond donors (Lipinski definition) is 3. The van der Waals surface area contributed by atoms with Crippen LogP contribution < -0.4 is 5.32 Å². The first-order chi connectivity index (χ1) is 10.8. The zero-order chi connectivity index (χ0) is 18.3. The van der Waals surface area contributed by atoms with Crippen LogP contribution in [-0.4, -0.2) is 46.2 Å². The van der Waals surface area contributed by atoms with Gasteiger partial charge >= 0.3 is 5.97 Å². The molecule has 130 valence electrons. The molecule has 1 rings (SSSR count). The van der Waals surface area contributed by atoms with Crippen LogP contribution in [0, 0.1) is 0 Å². The molecule has 1 aliphatic heterocycles. The van der Waals surface area contributed by atoms with Crippen molar-refractivity contribution in [1.82, 2.24) is 10.2 Å². The molecule has 0 unspecified atom stereocenters. The lowest BCUT2D eigenvalue weighted by Crippen LogP contribution is -2.23. The summed E-state index contributed by atoms with van der Waals surface area (Å²) < 4.78 is 0. The molecule has 7 nitrogen and oxygen atoms in total. The number of aliphatic hydroxyl groups is 1. The molecule has 0 saturated carbocycles. The fraction of sp³-hybridized carbons (Fsp3) is 0.438. The zero-order valence-electron chi connectivity index (χ0n) is 13.6. The van der Waals surface area contributed by atoms with E-state index in [4.69, 9.17) is 10.2 Å². The number of aliphatic hydroxyl groups excluding tert-OH is 1. The average molecular weight is 326 g/mol. The normalized spacial score (nSPS) is 13.1. The summed E-state index contributed by atoms with van der Waals surface area (Å²) in [6.07, 6.45) is 6.77. The third-order valence-corrected chi connectivity index (χ3v) is 2.63. The van der Waals surface area contributed by atoms with Gasteiger partial charge in [-0.3, -0.25) is 9.59 Å². The van der Waals surface area contributed by atoms with Crippen LogP contribution in [0.25, 0.3) is 0 Å². The second-order valence-corrected chi connectivity index (χ2v) is 4.57. The summed E-state index contributed by atoms with van der Waals surface area (Å²) in [6.45, 7) is 11.9. The van der Waals surface area contributed by atoms with Crippen molar-refractivity contribution in [3.63, 3.8) is 0 Å². The van der Waals surface area contributed by atoms with Crippen molar-refractivity contribution in [2.75, 3.05) is 13.3 Å². The number of carbonyl (C=O) groups excluding carboxylic acids is 2. The first-order valence-electron chi connectivity index (χ1n) is 7.12. The molecule has 23 heavy (non-hydrogen) atoms. The molecule has 2 amide bonds. The minimum absolute atomic E-state index is 0.176. The van der Waals surface area contributed by atoms with Crippen molar-refractivity contribution in [2.45, 2.75) is 32.6 Å². The predicted molar refractivity (Wildman–Crippen MR) is 88.3 cm³/mol. The molecule has 1 heterocycles. The van der Waals surface area contributed by atoms with Gasteiger partial charge in [-0.05, 0) is 32.0 Å². The van der Waals surface area contributed by atoms with Crippen molar-refractivity contribution < 1.29 is 24.6 Å². The number of rotatable bonds is 4. The molecule has 0 aromatic heterocycles. The summed E-state index contributed by atoms with van der Waals surface area (Å²) in [4.78, 5) is 32.4. The van der Waals surface area contributed by atoms with Crippen LogP contribution in [0.1, 0.15) is 32.6 Å². The van der Waals surface area contributed by atoms with Crippen molar-refractivity contribution in [1.29, 1.82) is 0 Å². The maximum absolute atomic E-state index is 11.1. The first-order valence-corrected chi connectivity index (χ1v) is 7.12. The van der Waals surface area contributed by atoms with Crippen LogP contribution >= 0.6 is 0 Å². The van der Waals surface area contributed by atoms with Gasteiger partial charge in [0.1, 0.15) is 6.73 Å². The maximum Gasteiger partial charge on any atom is 0.330 e. The van der Waals surface area contributed by atoms with Crippen molar-refractivity contribution in [2.24, 2.45) is 0 Å². The van der Waals surface area contributed by atoms with Gasteiger partial charge < -0.3 is 20.4 Å². The second kappa shape index (κ2) is 14.5. The molecule has 3 N–H and O–H groups in total. The Kier molecular flexibility index (Phi) is 14.4. The highest BCUT2D eigenvalue weighted by Crippen LogP contribution is 2.10. The summed E-state index contributed by atoms with van der Waals surface area (Å²) >= 11 is 0. The van der Waals surface area contributed by atoms with E-state index in [1.807, 2.05) is 0 Å². The Morgan fingerprint density at radius 3 is 2.22 bits per heavy atom. The Bertz CT molecular complexity index is 420. The van der Waals surface area contributed by atoms with Crippen LogP contribution in [-0.2, 0) is 14.4 Å². The minimum atomic E-state index is -0.935. The molecular formula is C16H26N2O5. The summed E-state index contributed by atoms with van der Waals surface area (Å²) in [5.41, 5.74) is 0.176. The van der Waals surface area contributed by atoms with Crippen LogP contribution in [0.4, 0.5) is 0 Å². The Hall–Kier alpha value is -2.41. The third-order valence-electron chi connectivity index (χ3n) is 2.63. The number of amides is 2. The quantitative estimate of drug-likeness (QED) is 0.535. The highest BCUT2D eigenvalue weighted by atomic mass is 16.4. The van der Waals surface area contributed by atoms with E-state index in [0.717, 1.165) is 25.5 Å². The van der Waals surface area contributed by atoms with E-state index in [0.29, 0.717) is 6.42 Å². The molecular weight excluding hydrogens is 300 g/mol. The number of nitrogens with zero attached hydrogens (tertiary/aromatic N) is 1. The number of carboxylic acid groups (broad SMARTS) is 1. The molecule has 0 aromatic rings. The predicted octanol–water partition coefficient (Wildman–Crippen LogP) is 1.42. The number of nitrogens with one attached hydrogen (secondary N) is 1. The van der Waals surface area contributed by atoms with Crippen LogP contribution in [0.15, 0.2) is 37.6 Å². The lowest BCUT2D eigenvalue weighted by Gasteiger charge is -2.13. The van der Waals surface area contributed by atoms with Gasteiger partial charge in [0.2, 0.25) is 11.8 Å². The number of carbonyl (C=O) groups is 3. The van der Waals surface area contributed by atoms with E-state index in [-0.39, 0.29) is 24.1 Å². The standard InChI is InChI=1S/C8H13NO.C4H7NO2.C4H6O2/c1-2-9-7-5-3-4-6-8(9)10;1-2-4(7)5-3-6;1-3(2)4(5)6/h2H,1,3-7H2;2,6H,1,3H2,(H,5,7);1H2,2H3,(H,5,6). The number of carboxylic acids is 1. The topological polar surface area (TPSA) is 107 Å². The van der Waals surface area contributed by atoms with Crippen LogP contribution in [0.2, 0.25) is 0 Å². The smallest absolute Gasteiger partial charge is 0.330 e. The molecule has 1 fully saturated rings. The molecule has 7 heteroatoms. The SMILES string of the molecule is C=C(C)C(=O)O.C=CC(=O)NCO.C=CN1CCCCCC1=O. The van der Waals surface area contributed by atoms with Gasteiger partial charge in [-0.2, -0.15) is 0 Å². The fourth-order valence-corrected chi connectivity index (χ4v) is 1.35. The molecule has 0 bridgehead atoms. The summed E-state index contributed by atoms with van der Waals surface area (Å²) in [6, 6.07) is 0. The van der Waals surface area contributed by atoms with E-state index >= 15 is 0 Å². The second-order valence-electron chi connectivity index (χ2n) is 4.57. The van der Waals surface area contributed by atoms with Crippen molar-refractivity contribution in [3.8, 4) is 0 Å². The number of aliphatic carboxylic acids is 1. The van der Waals surface area contributed by atoms with E-state index in [9.17, 15) is 14.4 Å². The van der Waals surface area contributed by atoms with Crippen LogP contribution in [0.5, 0.6) is 0 Å². The molecule has 0 aliphatic carbocycles. The molecule has 0 spiro atoms. The lowest BCUT2D eigenvalue weighted by atomic mass is 10.2. The highest BCUT2D eigenvalue weighted by Gasteiger charge is 2.12. The average Bonchev–Trinajstić information content (AvgIpc) is 2.72. The van der Waals surface area contributed by atoms with Gasteiger partial charge in [0.15, 0.2) is 0 Å². The van der Waals surface area contributed by atoms with Gasteiger partial charge in [-0.25, -0.2) is 4.79 Å². The minimum Gasteiger partial charge on any atom is -0.478 e. The molecule has 0 radical (unpaired) electrons. The third kappa shape index (κ3) is 14.3. The zero-order valence-corrected chi connectivity index (χ0v) is 13.6. The Morgan fingerprint density at radius 2 is 1.87 bits per heavy atom. The van der Waals surface area contributed by atoms with Gasteiger partial charge in [0.05, 0.1) is 0 Å². The molecule has 1 saturated heterocycles. The summed E-state index contributed by atoms with van der Waals surface area (Å²) in [5, 5.41) is 18.0. The van der Waals surface area contributed by atoms with E-state index < -0.39 is 5.97 Å². The summed E-state index contributed by atoms with van der Waals surface area (Å²) in [7, 11) is 0. The van der Waals surface area contributed by atoms with Crippen LogP contribution in [0.3, 0.4) is 0 Å². The van der Waals surface area contributed by atoms with E-state index in [1.54, 1.807) is 11.1 Å².